The smallest absolute Gasteiger partial charge is 0.336 e. The highest BCUT2D eigenvalue weighted by molar-refractivity contribution is 8.00. The van der Waals surface area contributed by atoms with Crippen LogP contribution in [0.15, 0.2) is 108 Å². The van der Waals surface area contributed by atoms with Crippen molar-refractivity contribution < 1.29 is 19.5 Å². The van der Waals surface area contributed by atoms with Crippen molar-refractivity contribution in [2.75, 3.05) is 10.6 Å². The van der Waals surface area contributed by atoms with Crippen LogP contribution in [0, 0.1) is 0 Å². The molecule has 3 N–H and O–H groups in total. The van der Waals surface area contributed by atoms with Crippen LogP contribution < -0.4 is 10.6 Å². The Hall–Kier alpha value is -4.62. The number of amides is 2. The molecule has 6 nitrogen and oxygen atoms in total. The molecule has 0 fully saturated rings. The summed E-state index contributed by atoms with van der Waals surface area (Å²) < 4.78 is 0. The van der Waals surface area contributed by atoms with E-state index in [1.165, 1.54) is 17.8 Å². The van der Waals surface area contributed by atoms with E-state index < -0.39 is 17.1 Å². The molecule has 38 heavy (non-hydrogen) atoms. The molecule has 5 aromatic carbocycles. The maximum absolute atomic E-state index is 13.2. The predicted molar refractivity (Wildman–Crippen MR) is 153 cm³/mol. The molecular weight excluding hydrogens is 496 g/mol. The number of hydrogen-bond acceptors (Lipinski definition) is 4. The van der Waals surface area contributed by atoms with Crippen LogP contribution in [0.2, 0.25) is 0 Å². The zero-order chi connectivity index (χ0) is 26.6. The molecule has 0 aliphatic rings. The standard InChI is InChI=1S/C31H24N2O4S/c1-19(29(34)33-27-17-6-9-20-8-2-3-14-24(20)27)38-23-13-7-12-22(18-23)32-30(35)25-15-4-10-21-11-5-16-26(28(21)25)31(36)37/h2-19H,1H3,(H,32,35)(H,33,34)(H,36,37). The van der Waals surface area contributed by atoms with Crippen molar-refractivity contribution in [1.29, 1.82) is 0 Å². The molecule has 0 aliphatic carbocycles. The average Bonchev–Trinajstić information content (AvgIpc) is 2.92. The van der Waals surface area contributed by atoms with Crippen LogP contribution in [0.4, 0.5) is 11.4 Å². The number of carboxylic acid groups (broad SMARTS) is 1. The Bertz CT molecular complexity index is 1690. The maximum Gasteiger partial charge on any atom is 0.336 e. The van der Waals surface area contributed by atoms with E-state index in [0.29, 0.717) is 16.5 Å². The summed E-state index contributed by atoms with van der Waals surface area (Å²) in [6.45, 7) is 1.83. The van der Waals surface area contributed by atoms with Crippen LogP contribution in [0.25, 0.3) is 21.5 Å². The van der Waals surface area contributed by atoms with Gasteiger partial charge in [0, 0.05) is 32.6 Å². The number of carbonyl (C=O) groups is 3. The first-order chi connectivity index (χ1) is 18.4. The number of hydrogen-bond donors (Lipinski definition) is 3. The van der Waals surface area contributed by atoms with Crippen molar-refractivity contribution in [1.82, 2.24) is 0 Å². The second-order valence-corrected chi connectivity index (χ2v) is 10.2. The Labute approximate surface area is 223 Å². The lowest BCUT2D eigenvalue weighted by Gasteiger charge is -2.15. The van der Waals surface area contributed by atoms with Gasteiger partial charge in [0.25, 0.3) is 5.91 Å². The van der Waals surface area contributed by atoms with Crippen molar-refractivity contribution in [3.05, 3.63) is 114 Å². The molecule has 188 valence electrons. The van der Waals surface area contributed by atoms with Gasteiger partial charge in [-0.2, -0.15) is 0 Å². The Morgan fingerprint density at radius 3 is 2.18 bits per heavy atom. The third-order valence-corrected chi connectivity index (χ3v) is 7.29. The summed E-state index contributed by atoms with van der Waals surface area (Å²) in [6, 6.07) is 31.0. The van der Waals surface area contributed by atoms with Crippen LogP contribution in [-0.4, -0.2) is 28.1 Å². The lowest BCUT2D eigenvalue weighted by molar-refractivity contribution is -0.115. The highest BCUT2D eigenvalue weighted by atomic mass is 32.2. The van der Waals surface area contributed by atoms with Crippen LogP contribution in [0.1, 0.15) is 27.6 Å². The van der Waals surface area contributed by atoms with Crippen molar-refractivity contribution in [3.63, 3.8) is 0 Å². The molecule has 0 radical (unpaired) electrons. The lowest BCUT2D eigenvalue weighted by Crippen LogP contribution is -2.22. The number of benzene rings is 5. The fourth-order valence-corrected chi connectivity index (χ4v) is 5.31. The second kappa shape index (κ2) is 10.8. The number of carboxylic acids is 1. The van der Waals surface area contributed by atoms with Crippen molar-refractivity contribution in [2.24, 2.45) is 0 Å². The Balaban J connectivity index is 1.31. The zero-order valence-electron chi connectivity index (χ0n) is 20.5. The molecule has 2 amide bonds. The first-order valence-corrected chi connectivity index (χ1v) is 12.9. The number of aromatic carboxylic acids is 1. The van der Waals surface area contributed by atoms with Crippen LogP contribution in [-0.2, 0) is 4.79 Å². The molecule has 0 aliphatic heterocycles. The minimum Gasteiger partial charge on any atom is -0.478 e. The van der Waals surface area contributed by atoms with E-state index in [-0.39, 0.29) is 17.0 Å². The Kier molecular flexibility index (Phi) is 7.11. The Morgan fingerprint density at radius 2 is 1.39 bits per heavy atom. The monoisotopic (exact) mass is 520 g/mol. The molecule has 0 saturated heterocycles. The van der Waals surface area contributed by atoms with E-state index >= 15 is 0 Å². The minimum absolute atomic E-state index is 0.0728. The molecule has 0 bridgehead atoms. The van der Waals surface area contributed by atoms with E-state index in [0.717, 1.165) is 21.4 Å². The summed E-state index contributed by atoms with van der Waals surface area (Å²) in [4.78, 5) is 38.7. The lowest BCUT2D eigenvalue weighted by atomic mass is 9.98. The van der Waals surface area contributed by atoms with Crippen molar-refractivity contribution in [3.8, 4) is 0 Å². The van der Waals surface area contributed by atoms with Crippen molar-refractivity contribution in [2.45, 2.75) is 17.1 Å². The first kappa shape index (κ1) is 25.0. The van der Waals surface area contributed by atoms with Gasteiger partial charge in [-0.3, -0.25) is 9.59 Å². The summed E-state index contributed by atoms with van der Waals surface area (Å²) in [5, 5.41) is 18.2. The van der Waals surface area contributed by atoms with E-state index in [1.807, 2.05) is 55.5 Å². The summed E-state index contributed by atoms with van der Waals surface area (Å²) in [5.74, 6) is -1.63. The van der Waals surface area contributed by atoms with E-state index in [9.17, 15) is 19.5 Å². The number of anilines is 2. The van der Waals surface area contributed by atoms with Gasteiger partial charge < -0.3 is 15.7 Å². The van der Waals surface area contributed by atoms with Gasteiger partial charge in [-0.1, -0.05) is 66.7 Å². The van der Waals surface area contributed by atoms with Crippen LogP contribution in [0.3, 0.4) is 0 Å². The normalized spacial score (nSPS) is 11.7. The van der Waals surface area contributed by atoms with Gasteiger partial charge in [-0.05, 0) is 54.1 Å². The molecular formula is C31H24N2O4S. The molecule has 1 atom stereocenters. The van der Waals surface area contributed by atoms with Crippen LogP contribution in [0.5, 0.6) is 0 Å². The number of thioether (sulfide) groups is 1. The number of rotatable bonds is 7. The quantitative estimate of drug-likeness (QED) is 0.200. The molecule has 0 heterocycles. The molecule has 0 spiro atoms. The highest BCUT2D eigenvalue weighted by Gasteiger charge is 2.18. The Morgan fingerprint density at radius 1 is 0.737 bits per heavy atom. The third kappa shape index (κ3) is 5.23. The van der Waals surface area contributed by atoms with Crippen LogP contribution >= 0.6 is 11.8 Å². The SMILES string of the molecule is CC(Sc1cccc(NC(=O)c2cccc3cccc(C(=O)O)c23)c1)C(=O)Nc1cccc2ccccc12. The second-order valence-electron chi connectivity index (χ2n) is 8.77. The number of carbonyl (C=O) groups excluding carboxylic acids is 2. The molecule has 0 saturated carbocycles. The largest absolute Gasteiger partial charge is 0.478 e. The van der Waals surface area contributed by atoms with Gasteiger partial charge in [0.2, 0.25) is 5.91 Å². The number of nitrogens with one attached hydrogen (secondary N) is 2. The fraction of sp³-hybridized carbons (Fsp3) is 0.0645. The van der Waals surface area contributed by atoms with Gasteiger partial charge in [-0.25, -0.2) is 4.79 Å². The molecule has 5 aromatic rings. The van der Waals surface area contributed by atoms with Gasteiger partial charge in [0.15, 0.2) is 0 Å². The molecule has 5 rings (SSSR count). The molecule has 0 aromatic heterocycles. The first-order valence-electron chi connectivity index (χ1n) is 12.0. The maximum atomic E-state index is 13.2. The highest BCUT2D eigenvalue weighted by Crippen LogP contribution is 2.29. The van der Waals surface area contributed by atoms with E-state index in [2.05, 4.69) is 10.6 Å². The molecule has 1 unspecified atom stereocenters. The van der Waals surface area contributed by atoms with E-state index in [1.54, 1.807) is 48.5 Å². The molecule has 7 heteroatoms. The summed E-state index contributed by atoms with van der Waals surface area (Å²) in [5.41, 5.74) is 1.66. The minimum atomic E-state index is -1.09. The topological polar surface area (TPSA) is 95.5 Å². The zero-order valence-corrected chi connectivity index (χ0v) is 21.3. The predicted octanol–water partition coefficient (Wildman–Crippen LogP) is 7.06. The summed E-state index contributed by atoms with van der Waals surface area (Å²) >= 11 is 1.38. The number of fused-ring (bicyclic) bond motifs is 2. The average molecular weight is 521 g/mol. The van der Waals surface area contributed by atoms with Gasteiger partial charge in [0.05, 0.1) is 10.8 Å². The summed E-state index contributed by atoms with van der Waals surface area (Å²) in [6.07, 6.45) is 0. The van der Waals surface area contributed by atoms with Gasteiger partial charge >= 0.3 is 5.97 Å². The van der Waals surface area contributed by atoms with Gasteiger partial charge in [0.1, 0.15) is 0 Å². The fourth-order valence-electron chi connectivity index (χ4n) is 4.38. The summed E-state index contributed by atoms with van der Waals surface area (Å²) in [7, 11) is 0. The third-order valence-electron chi connectivity index (χ3n) is 6.20. The van der Waals surface area contributed by atoms with Crippen molar-refractivity contribution >= 4 is 62.5 Å². The van der Waals surface area contributed by atoms with Gasteiger partial charge in [-0.15, -0.1) is 11.8 Å². The van der Waals surface area contributed by atoms with E-state index in [4.69, 9.17) is 0 Å².